The zero-order valence-corrected chi connectivity index (χ0v) is 19.1. The molecule has 1 aromatic rings. The minimum absolute atomic E-state index is 0.171. The minimum atomic E-state index is 0.171. The minimum Gasteiger partial charge on any atom is -0.253 e. The number of rotatable bonds is 1. The van der Waals surface area contributed by atoms with E-state index in [1.165, 1.54) is 56.1 Å². The first-order valence-electron chi connectivity index (χ1n) is 12.5. The highest BCUT2D eigenvalue weighted by molar-refractivity contribution is 5.83. The molecule has 0 N–H and O–H groups in total. The largest absolute Gasteiger partial charge is 0.338 e. The molecule has 6 rings (SSSR count). The van der Waals surface area contributed by atoms with Gasteiger partial charge in [0.1, 0.15) is 12.1 Å². The Morgan fingerprint density at radius 2 is 1.67 bits per heavy atom. The predicted octanol–water partition coefficient (Wildman–Crippen LogP) is 5.70. The number of quaternary nitrogens is 1. The Hall–Kier alpha value is -1.41. The Bertz CT molecular complexity index is 894. The molecule has 1 unspecified atom stereocenters. The topological polar surface area (TPSA) is 17.1 Å². The van der Waals surface area contributed by atoms with Crippen LogP contribution in [0.2, 0.25) is 0 Å². The van der Waals surface area contributed by atoms with Gasteiger partial charge in [-0.05, 0) is 66.4 Å². The lowest BCUT2D eigenvalue weighted by Gasteiger charge is -2.61. The number of hydrogen-bond donors (Lipinski definition) is 0. The Morgan fingerprint density at radius 3 is 2.40 bits per heavy atom. The highest BCUT2D eigenvalue weighted by Crippen LogP contribution is 2.64. The number of amides is 1. The molecular weight excluding hydrogens is 366 g/mol. The van der Waals surface area contributed by atoms with Crippen LogP contribution in [0.5, 0.6) is 0 Å². The maximum Gasteiger partial charge on any atom is 0.338 e. The molecule has 3 saturated carbocycles. The lowest BCUT2D eigenvalue weighted by atomic mass is 9.48. The van der Waals surface area contributed by atoms with Crippen LogP contribution in [0.3, 0.4) is 0 Å². The molecule has 4 aliphatic carbocycles. The molecule has 1 aromatic carbocycles. The van der Waals surface area contributed by atoms with Gasteiger partial charge in [0.05, 0.1) is 7.05 Å². The second-order valence-electron chi connectivity index (χ2n) is 12.1. The monoisotopic (exact) mass is 404 g/mol. The molecule has 0 spiro atoms. The average molecular weight is 405 g/mol. The Morgan fingerprint density at radius 1 is 0.933 bits per heavy atom. The van der Waals surface area contributed by atoms with E-state index < -0.39 is 0 Å². The van der Waals surface area contributed by atoms with Crippen molar-refractivity contribution in [3.63, 3.8) is 0 Å². The van der Waals surface area contributed by atoms with E-state index in [1.54, 1.807) is 0 Å². The van der Waals surface area contributed by atoms with Gasteiger partial charge in [0.15, 0.2) is 0 Å². The third-order valence-electron chi connectivity index (χ3n) is 11.0. The van der Waals surface area contributed by atoms with E-state index >= 15 is 0 Å². The van der Waals surface area contributed by atoms with E-state index in [-0.39, 0.29) is 5.41 Å². The van der Waals surface area contributed by atoms with Crippen LogP contribution in [0.15, 0.2) is 36.4 Å². The summed E-state index contributed by atoms with van der Waals surface area (Å²) in [6.07, 6.45) is 16.2. The van der Waals surface area contributed by atoms with Crippen LogP contribution < -0.4 is 0 Å². The van der Waals surface area contributed by atoms with Gasteiger partial charge >= 0.3 is 5.91 Å². The summed E-state index contributed by atoms with van der Waals surface area (Å²) in [5.41, 5.74) is 3.71. The fourth-order valence-electron chi connectivity index (χ4n) is 9.36. The second kappa shape index (κ2) is 6.31. The summed E-state index contributed by atoms with van der Waals surface area (Å²) in [6, 6.07) is 9.74. The number of likely N-dealkylation sites (N-methyl/N-ethyl adjacent to an activating group) is 1. The number of nitrogens with zero attached hydrogens (tertiary/aromatic N) is 1. The third-order valence-corrected chi connectivity index (χ3v) is 11.0. The fourth-order valence-corrected chi connectivity index (χ4v) is 9.36. The van der Waals surface area contributed by atoms with E-state index in [0.29, 0.717) is 27.9 Å². The van der Waals surface area contributed by atoms with Gasteiger partial charge in [-0.1, -0.05) is 50.6 Å². The molecule has 7 atom stereocenters. The first-order chi connectivity index (χ1) is 14.4. The molecule has 0 bridgehead atoms. The molecule has 1 heterocycles. The summed E-state index contributed by atoms with van der Waals surface area (Å²) in [4.78, 5) is 13.5. The molecule has 30 heavy (non-hydrogen) atoms. The lowest BCUT2D eigenvalue weighted by Crippen LogP contribution is -2.71. The van der Waals surface area contributed by atoms with Gasteiger partial charge in [-0.3, -0.25) is 4.48 Å². The molecule has 2 heteroatoms. The first kappa shape index (κ1) is 19.3. The number of fused-ring (bicyclic) bond motifs is 6. The average Bonchev–Trinajstić information content (AvgIpc) is 3.34. The Labute approximate surface area is 182 Å². The molecule has 160 valence electrons. The highest BCUT2D eigenvalue weighted by Gasteiger charge is 2.64. The van der Waals surface area contributed by atoms with Crippen molar-refractivity contribution in [2.75, 3.05) is 7.05 Å². The zero-order valence-electron chi connectivity index (χ0n) is 19.1. The molecule has 3 fully saturated rings. The maximum absolute atomic E-state index is 13.5. The van der Waals surface area contributed by atoms with Crippen LogP contribution in [0, 0.1) is 28.6 Å². The molecule has 0 aromatic heterocycles. The summed E-state index contributed by atoms with van der Waals surface area (Å²) in [5, 5.41) is 0. The van der Waals surface area contributed by atoms with Crippen LogP contribution in [0.25, 0.3) is 0 Å². The van der Waals surface area contributed by atoms with Crippen LogP contribution in [0.1, 0.15) is 69.9 Å². The molecule has 5 aliphatic rings. The molecular formula is C28H38NO+. The van der Waals surface area contributed by atoms with Crippen LogP contribution in [-0.2, 0) is 17.6 Å². The van der Waals surface area contributed by atoms with Gasteiger partial charge in [0, 0.05) is 30.8 Å². The predicted molar refractivity (Wildman–Crippen MR) is 121 cm³/mol. The Balaban J connectivity index is 1.36. The van der Waals surface area contributed by atoms with E-state index in [0.717, 1.165) is 30.6 Å². The van der Waals surface area contributed by atoms with Crippen molar-refractivity contribution in [1.29, 1.82) is 0 Å². The van der Waals surface area contributed by atoms with Crippen molar-refractivity contribution >= 4 is 5.91 Å². The molecule has 2 nitrogen and oxygen atoms in total. The molecule has 0 saturated heterocycles. The van der Waals surface area contributed by atoms with Crippen LogP contribution in [0.4, 0.5) is 0 Å². The SMILES string of the molecule is C[C@@]12CCC[C@H]1[C@@H]1CC[C@@H]3[C@](C)(C=CC(=O)[N+]3(C)C3Cc4ccccc4C3)[C@H]1CC2. The molecule has 0 radical (unpaired) electrons. The van der Waals surface area contributed by atoms with Gasteiger partial charge in [0.2, 0.25) is 0 Å². The first-order valence-corrected chi connectivity index (χ1v) is 12.5. The number of carbonyl (C=O) groups excluding carboxylic acids is 1. The fraction of sp³-hybridized carbons (Fsp3) is 0.679. The van der Waals surface area contributed by atoms with Gasteiger partial charge in [-0.15, -0.1) is 0 Å². The summed E-state index contributed by atoms with van der Waals surface area (Å²) < 4.78 is 0.646. The van der Waals surface area contributed by atoms with Gasteiger partial charge in [-0.25, -0.2) is 4.79 Å². The number of benzene rings is 1. The summed E-state index contributed by atoms with van der Waals surface area (Å²) >= 11 is 0. The quantitative estimate of drug-likeness (QED) is 0.549. The summed E-state index contributed by atoms with van der Waals surface area (Å²) in [5.74, 6) is 2.92. The van der Waals surface area contributed by atoms with E-state index in [9.17, 15) is 4.79 Å². The van der Waals surface area contributed by atoms with Crippen molar-refractivity contribution in [2.45, 2.75) is 83.7 Å². The van der Waals surface area contributed by atoms with Crippen molar-refractivity contribution in [2.24, 2.45) is 28.6 Å². The van der Waals surface area contributed by atoms with Crippen molar-refractivity contribution in [1.82, 2.24) is 0 Å². The van der Waals surface area contributed by atoms with Gasteiger partial charge < -0.3 is 0 Å². The van der Waals surface area contributed by atoms with E-state index in [4.69, 9.17) is 0 Å². The summed E-state index contributed by atoms with van der Waals surface area (Å²) in [6.45, 7) is 5.12. The van der Waals surface area contributed by atoms with Crippen molar-refractivity contribution < 1.29 is 9.28 Å². The van der Waals surface area contributed by atoms with E-state index in [2.05, 4.69) is 51.2 Å². The number of carbonyl (C=O) groups is 1. The molecule has 1 amide bonds. The van der Waals surface area contributed by atoms with E-state index in [1.807, 2.05) is 6.08 Å². The van der Waals surface area contributed by atoms with Crippen LogP contribution in [-0.4, -0.2) is 29.5 Å². The van der Waals surface area contributed by atoms with Gasteiger partial charge in [-0.2, -0.15) is 0 Å². The van der Waals surface area contributed by atoms with Gasteiger partial charge in [0.25, 0.3) is 0 Å². The van der Waals surface area contributed by atoms with Crippen molar-refractivity contribution in [3.8, 4) is 0 Å². The lowest BCUT2D eigenvalue weighted by molar-refractivity contribution is -0.893. The van der Waals surface area contributed by atoms with Crippen LogP contribution >= 0.6 is 0 Å². The third kappa shape index (κ3) is 2.38. The van der Waals surface area contributed by atoms with Crippen molar-refractivity contribution in [3.05, 3.63) is 47.5 Å². The molecule has 1 aliphatic heterocycles. The standard InChI is InChI=1S/C28H38NO/c1-27-14-6-9-23(27)22-10-11-25-28(2,24(22)12-15-27)16-13-26(30)29(25,3)21-17-19-7-4-5-8-20(19)18-21/h4-5,7-8,13,16,21-25H,6,9-12,14-15,17-18H2,1-3H3/q+1/t22-,23-,24-,25+,27-,28+,29?/m0/s1. The maximum atomic E-state index is 13.5. The number of hydrogen-bond acceptors (Lipinski definition) is 1. The normalized spacial score (nSPS) is 47.5. The summed E-state index contributed by atoms with van der Waals surface area (Å²) in [7, 11) is 2.30. The highest BCUT2D eigenvalue weighted by atomic mass is 16.2. The second-order valence-corrected chi connectivity index (χ2v) is 12.1. The Kier molecular flexibility index (Phi) is 4.06. The smallest absolute Gasteiger partial charge is 0.253 e. The zero-order chi connectivity index (χ0) is 20.7.